The zero-order valence-electron chi connectivity index (χ0n) is 11.6. The Morgan fingerprint density at radius 3 is 2.68 bits per heavy atom. The SMILES string of the molecule is CC1(C(=O)O)CCCCC1NC(=O)[C@@H]1CCCNC1. The number of hydrogen-bond donors (Lipinski definition) is 3. The van der Waals surface area contributed by atoms with Crippen molar-refractivity contribution in [2.45, 2.75) is 51.5 Å². The molecule has 0 bridgehead atoms. The average Bonchev–Trinajstić information content (AvgIpc) is 2.42. The standard InChI is InChI=1S/C14H24N2O3/c1-14(13(18)19)7-3-2-6-11(14)16-12(17)10-5-4-8-15-9-10/h10-11,15H,2-9H2,1H3,(H,16,17)(H,18,19)/t10-,11?,14?/m1/s1. The highest BCUT2D eigenvalue weighted by atomic mass is 16.4. The number of carbonyl (C=O) groups is 2. The average molecular weight is 268 g/mol. The first-order valence-electron chi connectivity index (χ1n) is 7.28. The fourth-order valence-electron chi connectivity index (χ4n) is 3.19. The molecule has 1 amide bonds. The third kappa shape index (κ3) is 3.08. The van der Waals surface area contributed by atoms with Gasteiger partial charge in [-0.2, -0.15) is 0 Å². The molecule has 5 heteroatoms. The zero-order chi connectivity index (χ0) is 13.9. The maximum absolute atomic E-state index is 12.2. The molecule has 0 aromatic rings. The molecule has 1 aliphatic carbocycles. The van der Waals surface area contributed by atoms with Gasteiger partial charge in [-0.1, -0.05) is 12.8 Å². The monoisotopic (exact) mass is 268 g/mol. The van der Waals surface area contributed by atoms with Crippen LogP contribution in [-0.2, 0) is 9.59 Å². The Kier molecular flexibility index (Phi) is 4.45. The lowest BCUT2D eigenvalue weighted by Gasteiger charge is -2.39. The molecule has 3 atom stereocenters. The molecular formula is C14H24N2O3. The smallest absolute Gasteiger partial charge is 0.311 e. The first kappa shape index (κ1) is 14.3. The van der Waals surface area contributed by atoms with Gasteiger partial charge in [-0.25, -0.2) is 0 Å². The number of carboxylic acids is 1. The molecule has 0 aromatic heterocycles. The van der Waals surface area contributed by atoms with E-state index in [2.05, 4.69) is 10.6 Å². The van der Waals surface area contributed by atoms with Crippen LogP contribution < -0.4 is 10.6 Å². The molecule has 1 heterocycles. The van der Waals surface area contributed by atoms with E-state index in [0.29, 0.717) is 13.0 Å². The predicted octanol–water partition coefficient (Wildman–Crippen LogP) is 1.14. The summed E-state index contributed by atoms with van der Waals surface area (Å²) in [6.07, 6.45) is 5.26. The molecule has 0 aromatic carbocycles. The Morgan fingerprint density at radius 1 is 1.26 bits per heavy atom. The van der Waals surface area contributed by atoms with Crippen LogP contribution in [0.1, 0.15) is 45.4 Å². The van der Waals surface area contributed by atoms with Crippen molar-refractivity contribution >= 4 is 11.9 Å². The van der Waals surface area contributed by atoms with Gasteiger partial charge < -0.3 is 15.7 Å². The lowest BCUT2D eigenvalue weighted by Crippen LogP contribution is -2.54. The van der Waals surface area contributed by atoms with Crippen molar-refractivity contribution in [3.8, 4) is 0 Å². The Hall–Kier alpha value is -1.10. The van der Waals surface area contributed by atoms with Gasteiger partial charge in [0, 0.05) is 12.6 Å². The van der Waals surface area contributed by atoms with Crippen molar-refractivity contribution in [3.63, 3.8) is 0 Å². The van der Waals surface area contributed by atoms with Gasteiger partial charge in [-0.05, 0) is 39.2 Å². The Balaban J connectivity index is 1.99. The second kappa shape index (κ2) is 5.90. The summed E-state index contributed by atoms with van der Waals surface area (Å²) in [6, 6.07) is -0.229. The molecule has 0 radical (unpaired) electrons. The molecule has 5 nitrogen and oxygen atoms in total. The van der Waals surface area contributed by atoms with E-state index in [9.17, 15) is 14.7 Å². The Bertz CT molecular complexity index is 353. The summed E-state index contributed by atoms with van der Waals surface area (Å²) in [5.74, 6) is -0.778. The topological polar surface area (TPSA) is 78.4 Å². The summed E-state index contributed by atoms with van der Waals surface area (Å²) in [6.45, 7) is 3.45. The van der Waals surface area contributed by atoms with Crippen molar-refractivity contribution in [2.75, 3.05) is 13.1 Å². The minimum Gasteiger partial charge on any atom is -0.481 e. The maximum atomic E-state index is 12.2. The predicted molar refractivity (Wildman–Crippen MR) is 71.7 cm³/mol. The maximum Gasteiger partial charge on any atom is 0.311 e. The lowest BCUT2D eigenvalue weighted by atomic mass is 9.71. The largest absolute Gasteiger partial charge is 0.481 e. The number of amides is 1. The minimum absolute atomic E-state index is 0.00581. The van der Waals surface area contributed by atoms with E-state index in [1.807, 2.05) is 0 Å². The van der Waals surface area contributed by atoms with E-state index < -0.39 is 11.4 Å². The normalized spacial score (nSPS) is 35.6. The summed E-state index contributed by atoms with van der Waals surface area (Å²) in [5, 5.41) is 15.6. The zero-order valence-corrected chi connectivity index (χ0v) is 11.6. The molecule has 2 rings (SSSR count). The third-order valence-electron chi connectivity index (χ3n) is 4.68. The second-order valence-electron chi connectivity index (χ2n) is 6.07. The van der Waals surface area contributed by atoms with Gasteiger partial charge in [0.2, 0.25) is 5.91 Å². The Morgan fingerprint density at radius 2 is 2.05 bits per heavy atom. The van der Waals surface area contributed by atoms with E-state index in [-0.39, 0.29) is 17.9 Å². The van der Waals surface area contributed by atoms with Crippen LogP contribution in [0.4, 0.5) is 0 Å². The van der Waals surface area contributed by atoms with Crippen LogP contribution in [0.3, 0.4) is 0 Å². The van der Waals surface area contributed by atoms with Gasteiger partial charge >= 0.3 is 5.97 Å². The molecule has 1 saturated heterocycles. The van der Waals surface area contributed by atoms with Gasteiger partial charge in [0.1, 0.15) is 0 Å². The van der Waals surface area contributed by atoms with Crippen molar-refractivity contribution < 1.29 is 14.7 Å². The van der Waals surface area contributed by atoms with Crippen LogP contribution >= 0.6 is 0 Å². The number of carbonyl (C=O) groups excluding carboxylic acids is 1. The van der Waals surface area contributed by atoms with E-state index in [4.69, 9.17) is 0 Å². The highest BCUT2D eigenvalue weighted by Crippen LogP contribution is 2.36. The summed E-state index contributed by atoms with van der Waals surface area (Å²) in [7, 11) is 0. The molecule has 108 valence electrons. The van der Waals surface area contributed by atoms with Crippen molar-refractivity contribution in [1.29, 1.82) is 0 Å². The highest BCUT2D eigenvalue weighted by molar-refractivity contribution is 5.81. The molecule has 2 unspecified atom stereocenters. The van der Waals surface area contributed by atoms with Crippen LogP contribution in [0.2, 0.25) is 0 Å². The van der Waals surface area contributed by atoms with Crippen molar-refractivity contribution in [1.82, 2.24) is 10.6 Å². The van der Waals surface area contributed by atoms with Crippen LogP contribution in [-0.4, -0.2) is 36.1 Å². The summed E-state index contributed by atoms with van der Waals surface area (Å²) >= 11 is 0. The van der Waals surface area contributed by atoms with Crippen molar-refractivity contribution in [2.24, 2.45) is 11.3 Å². The molecule has 1 aliphatic heterocycles. The number of carboxylic acid groups (broad SMARTS) is 1. The van der Waals surface area contributed by atoms with Gasteiger partial charge in [-0.3, -0.25) is 9.59 Å². The minimum atomic E-state index is -0.810. The molecular weight excluding hydrogens is 244 g/mol. The van der Waals surface area contributed by atoms with Gasteiger partial charge in [0.05, 0.1) is 11.3 Å². The van der Waals surface area contributed by atoms with Gasteiger partial charge in [-0.15, -0.1) is 0 Å². The number of nitrogens with one attached hydrogen (secondary N) is 2. The molecule has 2 fully saturated rings. The first-order chi connectivity index (χ1) is 9.04. The molecule has 2 aliphatic rings. The number of piperidine rings is 1. The van der Waals surface area contributed by atoms with E-state index in [1.54, 1.807) is 6.92 Å². The quantitative estimate of drug-likeness (QED) is 0.717. The van der Waals surface area contributed by atoms with Crippen molar-refractivity contribution in [3.05, 3.63) is 0 Å². The third-order valence-corrected chi connectivity index (χ3v) is 4.68. The van der Waals surface area contributed by atoms with Crippen LogP contribution in [0.15, 0.2) is 0 Å². The van der Waals surface area contributed by atoms with Crippen LogP contribution in [0.5, 0.6) is 0 Å². The molecule has 19 heavy (non-hydrogen) atoms. The second-order valence-corrected chi connectivity index (χ2v) is 6.07. The molecule has 1 saturated carbocycles. The number of rotatable bonds is 3. The fourth-order valence-corrected chi connectivity index (χ4v) is 3.19. The van der Waals surface area contributed by atoms with E-state index >= 15 is 0 Å². The van der Waals surface area contributed by atoms with Crippen LogP contribution in [0, 0.1) is 11.3 Å². The van der Waals surface area contributed by atoms with Gasteiger partial charge in [0.25, 0.3) is 0 Å². The van der Waals surface area contributed by atoms with Gasteiger partial charge in [0.15, 0.2) is 0 Å². The van der Waals surface area contributed by atoms with E-state index in [1.165, 1.54) is 0 Å². The summed E-state index contributed by atoms with van der Waals surface area (Å²) in [5.41, 5.74) is -0.810. The molecule has 3 N–H and O–H groups in total. The number of aliphatic carboxylic acids is 1. The first-order valence-corrected chi connectivity index (χ1v) is 7.28. The van der Waals surface area contributed by atoms with Crippen LogP contribution in [0.25, 0.3) is 0 Å². The highest BCUT2D eigenvalue weighted by Gasteiger charge is 2.44. The summed E-state index contributed by atoms with van der Waals surface area (Å²) < 4.78 is 0. The Labute approximate surface area is 114 Å². The fraction of sp³-hybridized carbons (Fsp3) is 0.857. The summed E-state index contributed by atoms with van der Waals surface area (Å²) in [4.78, 5) is 23.7. The molecule has 0 spiro atoms. The number of hydrogen-bond acceptors (Lipinski definition) is 3. The lowest BCUT2D eigenvalue weighted by molar-refractivity contribution is -0.152. The van der Waals surface area contributed by atoms with E-state index in [0.717, 1.165) is 38.6 Å².